The van der Waals surface area contributed by atoms with E-state index < -0.39 is 0 Å². The first kappa shape index (κ1) is 12.2. The fourth-order valence-corrected chi connectivity index (χ4v) is 2.12. The van der Waals surface area contributed by atoms with Crippen LogP contribution in [0, 0.1) is 13.8 Å². The van der Waals surface area contributed by atoms with E-state index in [1.807, 2.05) is 38.1 Å². The minimum atomic E-state index is 0.606. The van der Waals surface area contributed by atoms with Gasteiger partial charge in [-0.1, -0.05) is 36.4 Å². The maximum absolute atomic E-state index is 11.2. The van der Waals surface area contributed by atoms with Crippen LogP contribution in [0.1, 0.15) is 31.8 Å². The largest absolute Gasteiger partial charge is 0.298 e. The molecule has 0 radical (unpaired) electrons. The summed E-state index contributed by atoms with van der Waals surface area (Å²) in [5.74, 6) is 0. The lowest BCUT2D eigenvalue weighted by Gasteiger charge is -2.13. The van der Waals surface area contributed by atoms with E-state index in [4.69, 9.17) is 0 Å². The average molecular weight is 238 g/mol. The molecule has 0 spiro atoms. The molecule has 2 aromatic carbocycles. The van der Waals surface area contributed by atoms with Gasteiger partial charge in [-0.3, -0.25) is 9.59 Å². The molecule has 0 fully saturated rings. The van der Waals surface area contributed by atoms with Crippen molar-refractivity contribution in [2.24, 2.45) is 0 Å². The molecule has 90 valence electrons. The van der Waals surface area contributed by atoms with Gasteiger partial charge >= 0.3 is 0 Å². The van der Waals surface area contributed by atoms with Gasteiger partial charge in [0.05, 0.1) is 0 Å². The SMILES string of the molecule is Cc1ccc(C=O)c(-c2ccccc2C=O)c1C. The van der Waals surface area contributed by atoms with Gasteiger partial charge in [0.1, 0.15) is 0 Å². The van der Waals surface area contributed by atoms with Gasteiger partial charge in [-0.05, 0) is 36.1 Å². The van der Waals surface area contributed by atoms with Crippen LogP contribution in [0.2, 0.25) is 0 Å². The van der Waals surface area contributed by atoms with Gasteiger partial charge in [0.15, 0.2) is 12.6 Å². The molecule has 0 saturated heterocycles. The molecule has 0 N–H and O–H groups in total. The monoisotopic (exact) mass is 238 g/mol. The first-order valence-corrected chi connectivity index (χ1v) is 5.79. The Bertz CT molecular complexity index is 612. The van der Waals surface area contributed by atoms with Crippen LogP contribution in [0.25, 0.3) is 11.1 Å². The summed E-state index contributed by atoms with van der Waals surface area (Å²) in [6.07, 6.45) is 1.66. The summed E-state index contributed by atoms with van der Waals surface area (Å²) in [5, 5.41) is 0. The number of carbonyl (C=O) groups excluding carboxylic acids is 2. The second kappa shape index (κ2) is 4.96. The molecule has 2 rings (SSSR count). The van der Waals surface area contributed by atoms with Crippen LogP contribution < -0.4 is 0 Å². The van der Waals surface area contributed by atoms with Crippen molar-refractivity contribution in [1.82, 2.24) is 0 Å². The highest BCUT2D eigenvalue weighted by Gasteiger charge is 2.12. The van der Waals surface area contributed by atoms with Crippen molar-refractivity contribution < 1.29 is 9.59 Å². The van der Waals surface area contributed by atoms with E-state index in [2.05, 4.69) is 0 Å². The third kappa shape index (κ3) is 1.97. The second-order valence-electron chi connectivity index (χ2n) is 4.29. The third-order valence-electron chi connectivity index (χ3n) is 3.25. The van der Waals surface area contributed by atoms with E-state index in [0.29, 0.717) is 11.1 Å². The molecular formula is C16H14O2. The van der Waals surface area contributed by atoms with Gasteiger partial charge in [-0.2, -0.15) is 0 Å². The van der Waals surface area contributed by atoms with Crippen molar-refractivity contribution in [3.63, 3.8) is 0 Å². The van der Waals surface area contributed by atoms with E-state index in [-0.39, 0.29) is 0 Å². The lowest BCUT2D eigenvalue weighted by Crippen LogP contribution is -1.97. The maximum Gasteiger partial charge on any atom is 0.150 e. The number of hydrogen-bond acceptors (Lipinski definition) is 2. The maximum atomic E-state index is 11.2. The van der Waals surface area contributed by atoms with Crippen LogP contribution in [0.3, 0.4) is 0 Å². The van der Waals surface area contributed by atoms with E-state index in [1.165, 1.54) is 0 Å². The first-order valence-electron chi connectivity index (χ1n) is 5.79. The zero-order chi connectivity index (χ0) is 13.1. The summed E-state index contributed by atoms with van der Waals surface area (Å²) in [6, 6.07) is 11.0. The van der Waals surface area contributed by atoms with Gasteiger partial charge in [0.25, 0.3) is 0 Å². The smallest absolute Gasteiger partial charge is 0.150 e. The Morgan fingerprint density at radius 2 is 1.50 bits per heavy atom. The lowest BCUT2D eigenvalue weighted by atomic mass is 9.90. The number of hydrogen-bond donors (Lipinski definition) is 0. The Morgan fingerprint density at radius 1 is 0.833 bits per heavy atom. The molecule has 2 aromatic rings. The summed E-state index contributed by atoms with van der Waals surface area (Å²) in [7, 11) is 0. The summed E-state index contributed by atoms with van der Waals surface area (Å²) in [6.45, 7) is 3.97. The predicted octanol–water partition coefficient (Wildman–Crippen LogP) is 3.60. The van der Waals surface area contributed by atoms with Gasteiger partial charge < -0.3 is 0 Å². The molecule has 0 amide bonds. The quantitative estimate of drug-likeness (QED) is 0.766. The van der Waals surface area contributed by atoms with Crippen molar-refractivity contribution in [1.29, 1.82) is 0 Å². The Kier molecular flexibility index (Phi) is 3.38. The molecule has 0 aliphatic carbocycles. The second-order valence-corrected chi connectivity index (χ2v) is 4.29. The Labute approximate surface area is 106 Å². The van der Waals surface area contributed by atoms with Crippen LogP contribution in [0.5, 0.6) is 0 Å². The van der Waals surface area contributed by atoms with Crippen LogP contribution in [0.15, 0.2) is 36.4 Å². The molecule has 0 atom stereocenters. The Balaban J connectivity index is 2.81. The zero-order valence-corrected chi connectivity index (χ0v) is 10.4. The third-order valence-corrected chi connectivity index (χ3v) is 3.25. The van der Waals surface area contributed by atoms with Crippen molar-refractivity contribution in [3.8, 4) is 11.1 Å². The van der Waals surface area contributed by atoms with E-state index in [1.54, 1.807) is 12.1 Å². The topological polar surface area (TPSA) is 34.1 Å². The summed E-state index contributed by atoms with van der Waals surface area (Å²) < 4.78 is 0. The van der Waals surface area contributed by atoms with Gasteiger partial charge in [-0.15, -0.1) is 0 Å². The van der Waals surface area contributed by atoms with Crippen molar-refractivity contribution in [3.05, 3.63) is 58.7 Å². The van der Waals surface area contributed by atoms with Gasteiger partial charge in [0, 0.05) is 11.1 Å². The molecule has 0 aliphatic heterocycles. The van der Waals surface area contributed by atoms with Crippen molar-refractivity contribution in [2.75, 3.05) is 0 Å². The number of aryl methyl sites for hydroxylation is 1. The molecule has 0 aliphatic rings. The minimum Gasteiger partial charge on any atom is -0.298 e. The van der Waals surface area contributed by atoms with Crippen LogP contribution in [0.4, 0.5) is 0 Å². The lowest BCUT2D eigenvalue weighted by molar-refractivity contribution is 0.111. The fourth-order valence-electron chi connectivity index (χ4n) is 2.12. The van der Waals surface area contributed by atoms with E-state index in [0.717, 1.165) is 34.8 Å². The molecule has 2 heteroatoms. The molecule has 0 unspecified atom stereocenters. The van der Waals surface area contributed by atoms with E-state index >= 15 is 0 Å². The molecule has 0 bridgehead atoms. The summed E-state index contributed by atoms with van der Waals surface area (Å²) >= 11 is 0. The summed E-state index contributed by atoms with van der Waals surface area (Å²) in [4.78, 5) is 22.3. The van der Waals surface area contributed by atoms with Crippen molar-refractivity contribution in [2.45, 2.75) is 13.8 Å². The normalized spacial score (nSPS) is 10.1. The molecule has 0 heterocycles. The Morgan fingerprint density at radius 3 is 2.17 bits per heavy atom. The van der Waals surface area contributed by atoms with Crippen LogP contribution in [-0.4, -0.2) is 12.6 Å². The highest BCUT2D eigenvalue weighted by Crippen LogP contribution is 2.30. The van der Waals surface area contributed by atoms with Crippen LogP contribution in [-0.2, 0) is 0 Å². The van der Waals surface area contributed by atoms with Crippen molar-refractivity contribution >= 4 is 12.6 Å². The van der Waals surface area contributed by atoms with Gasteiger partial charge in [0.2, 0.25) is 0 Å². The average Bonchev–Trinajstić information content (AvgIpc) is 2.41. The predicted molar refractivity (Wildman–Crippen MR) is 72.1 cm³/mol. The zero-order valence-electron chi connectivity index (χ0n) is 10.4. The Hall–Kier alpha value is -2.22. The highest BCUT2D eigenvalue weighted by molar-refractivity contribution is 5.95. The number of aldehydes is 2. The fraction of sp³-hybridized carbons (Fsp3) is 0.125. The van der Waals surface area contributed by atoms with Crippen LogP contribution >= 0.6 is 0 Å². The number of rotatable bonds is 3. The molecule has 0 saturated carbocycles. The molecule has 2 nitrogen and oxygen atoms in total. The van der Waals surface area contributed by atoms with Gasteiger partial charge in [-0.25, -0.2) is 0 Å². The number of carbonyl (C=O) groups is 2. The number of benzene rings is 2. The molecular weight excluding hydrogens is 224 g/mol. The molecule has 18 heavy (non-hydrogen) atoms. The standard InChI is InChI=1S/C16H14O2/c1-11-7-8-14(10-18)16(12(11)2)15-6-4-3-5-13(15)9-17/h3-10H,1-2H3. The summed E-state index contributed by atoms with van der Waals surface area (Å²) in [5.41, 5.74) is 5.04. The highest BCUT2D eigenvalue weighted by atomic mass is 16.1. The minimum absolute atomic E-state index is 0.606. The first-order chi connectivity index (χ1) is 8.69. The molecule has 0 aromatic heterocycles. The van der Waals surface area contributed by atoms with E-state index in [9.17, 15) is 9.59 Å².